The van der Waals surface area contributed by atoms with Crippen LogP contribution in [-0.2, 0) is 18.4 Å². The molecule has 0 spiro atoms. The fourth-order valence-electron chi connectivity index (χ4n) is 2.82. The number of hydrogen-bond donors (Lipinski definition) is 1. The van der Waals surface area contributed by atoms with Gasteiger partial charge in [-0.2, -0.15) is 0 Å². The molecule has 0 amide bonds. The van der Waals surface area contributed by atoms with Gasteiger partial charge in [-0.15, -0.1) is 0 Å². The molecule has 5 nitrogen and oxygen atoms in total. The lowest BCUT2D eigenvalue weighted by Gasteiger charge is -2.48. The predicted molar refractivity (Wildman–Crippen MR) is 119 cm³/mol. The largest absolute Gasteiger partial charge is 0.467 e. The van der Waals surface area contributed by atoms with E-state index >= 15 is 0 Å². The van der Waals surface area contributed by atoms with E-state index in [0.29, 0.717) is 0 Å². The maximum atomic E-state index is 12.4. The second kappa shape index (κ2) is 7.98. The third-order valence-electron chi connectivity index (χ3n) is 6.92. The minimum atomic E-state index is -2.13. The van der Waals surface area contributed by atoms with Gasteiger partial charge in [-0.05, 0) is 41.8 Å². The topological polar surface area (TPSA) is 65.0 Å². The van der Waals surface area contributed by atoms with Gasteiger partial charge in [-0.3, -0.25) is 0 Å². The predicted octanol–water partition coefficient (Wildman–Crippen LogP) is 5.02. The lowest BCUT2D eigenvalue weighted by atomic mass is 9.79. The van der Waals surface area contributed by atoms with Crippen molar-refractivity contribution in [3.8, 4) is 0 Å². The van der Waals surface area contributed by atoms with Crippen molar-refractivity contribution in [3.63, 3.8) is 0 Å². The van der Waals surface area contributed by atoms with Gasteiger partial charge in [-0.25, -0.2) is 4.79 Å². The van der Waals surface area contributed by atoms with Crippen LogP contribution >= 0.6 is 0 Å². The molecule has 1 saturated carbocycles. The Balaban J connectivity index is 3.27. The van der Waals surface area contributed by atoms with E-state index in [2.05, 4.69) is 74.3 Å². The zero-order valence-electron chi connectivity index (χ0n) is 19.9. The van der Waals surface area contributed by atoms with E-state index in [-0.39, 0.29) is 22.9 Å². The van der Waals surface area contributed by atoms with E-state index in [0.717, 1.165) is 5.57 Å². The number of aliphatic hydroxyl groups is 1. The summed E-state index contributed by atoms with van der Waals surface area (Å²) in [5.41, 5.74) is -0.807. The van der Waals surface area contributed by atoms with Gasteiger partial charge < -0.3 is 18.7 Å². The molecule has 1 aliphatic carbocycles. The summed E-state index contributed by atoms with van der Waals surface area (Å²) in [6.07, 6.45) is -0.563. The van der Waals surface area contributed by atoms with Gasteiger partial charge in [-0.1, -0.05) is 48.1 Å². The maximum Gasteiger partial charge on any atom is 0.338 e. The molecular weight excluding hydrogens is 388 g/mol. The molecule has 0 heterocycles. The smallest absolute Gasteiger partial charge is 0.338 e. The van der Waals surface area contributed by atoms with Crippen LogP contribution in [0.1, 0.15) is 54.4 Å². The van der Waals surface area contributed by atoms with Crippen LogP contribution in [0.5, 0.6) is 0 Å². The Hall–Kier alpha value is -0.476. The zero-order valence-corrected chi connectivity index (χ0v) is 21.9. The monoisotopic (exact) mass is 430 g/mol. The van der Waals surface area contributed by atoms with E-state index in [1.54, 1.807) is 0 Å². The second-order valence-electron chi connectivity index (χ2n) is 11.2. The molecule has 1 rings (SSSR count). The van der Waals surface area contributed by atoms with Crippen molar-refractivity contribution < 1.29 is 23.5 Å². The molecule has 2 unspecified atom stereocenters. The van der Waals surface area contributed by atoms with Gasteiger partial charge >= 0.3 is 5.97 Å². The third kappa shape index (κ3) is 5.36. The maximum absolute atomic E-state index is 12.4. The lowest BCUT2D eigenvalue weighted by molar-refractivity contribution is -0.170. The highest BCUT2D eigenvalue weighted by Gasteiger charge is 2.52. The molecule has 28 heavy (non-hydrogen) atoms. The van der Waals surface area contributed by atoms with Gasteiger partial charge in [0, 0.05) is 12.8 Å². The minimum absolute atomic E-state index is 0.00386. The van der Waals surface area contributed by atoms with Gasteiger partial charge in [0.25, 0.3) is 0 Å². The fraction of sp³-hybridized carbons (Fsp3) is 0.857. The number of hydrogen-bond acceptors (Lipinski definition) is 5. The average Bonchev–Trinajstić information content (AvgIpc) is 2.48. The van der Waals surface area contributed by atoms with Crippen molar-refractivity contribution in [1.82, 2.24) is 0 Å². The quantitative estimate of drug-likeness (QED) is 0.377. The van der Waals surface area contributed by atoms with E-state index in [4.69, 9.17) is 13.6 Å². The number of ether oxygens (including phenoxy) is 1. The number of carbonyl (C=O) groups is 1. The molecule has 0 bridgehead atoms. The number of methoxy groups -OCH3 is 1. The summed E-state index contributed by atoms with van der Waals surface area (Å²) in [5, 5.41) is 11.2. The molecule has 0 saturated heterocycles. The van der Waals surface area contributed by atoms with Crippen LogP contribution in [0.3, 0.4) is 0 Å². The average molecular weight is 431 g/mol. The Labute approximate surface area is 174 Å². The molecule has 7 heteroatoms. The minimum Gasteiger partial charge on any atom is -0.467 e. The molecule has 1 N–H and O–H groups in total. The molecule has 0 aliphatic heterocycles. The first-order valence-electron chi connectivity index (χ1n) is 10.1. The molecule has 0 aromatic heterocycles. The van der Waals surface area contributed by atoms with Crippen LogP contribution in [-0.4, -0.2) is 52.6 Å². The summed E-state index contributed by atoms with van der Waals surface area (Å²) in [6, 6.07) is 0. The summed E-state index contributed by atoms with van der Waals surface area (Å²) >= 11 is 0. The van der Waals surface area contributed by atoms with Crippen LogP contribution in [0.15, 0.2) is 12.2 Å². The van der Waals surface area contributed by atoms with Crippen LogP contribution < -0.4 is 0 Å². The highest BCUT2D eigenvalue weighted by Crippen LogP contribution is 2.45. The van der Waals surface area contributed by atoms with Crippen molar-refractivity contribution in [2.24, 2.45) is 0 Å². The standard InChI is InChI=1S/C21H42O5Si2/c1-15-16(25-27(9,10)19(2,3)4)13-21(23,18(22)24-8)14-17(15)26-28(11,12)20(5,6)7/h16-17,23H,1,13-14H2,2-12H3. The van der Waals surface area contributed by atoms with Crippen molar-refractivity contribution in [2.75, 3.05) is 7.11 Å². The Kier molecular flexibility index (Phi) is 7.29. The summed E-state index contributed by atoms with van der Waals surface area (Å²) in [4.78, 5) is 12.4. The Morgan fingerprint density at radius 1 is 0.964 bits per heavy atom. The van der Waals surface area contributed by atoms with E-state index < -0.39 is 40.4 Å². The first-order valence-corrected chi connectivity index (χ1v) is 15.9. The Bertz CT molecular complexity index is 559. The SMILES string of the molecule is C=C1C(O[Si](C)(C)C(C)(C)C)CC(O)(C(=O)OC)CC1O[Si](C)(C)C(C)(C)C. The van der Waals surface area contributed by atoms with Crippen molar-refractivity contribution >= 4 is 22.6 Å². The van der Waals surface area contributed by atoms with Gasteiger partial charge in [0.05, 0.1) is 19.3 Å². The normalized spacial score (nSPS) is 27.6. The molecular formula is C21H42O5Si2. The molecule has 0 aromatic carbocycles. The summed E-state index contributed by atoms with van der Waals surface area (Å²) < 4.78 is 18.1. The molecule has 0 aromatic rings. The van der Waals surface area contributed by atoms with Crippen LogP contribution in [0.4, 0.5) is 0 Å². The summed E-state index contributed by atoms with van der Waals surface area (Å²) in [7, 11) is -2.97. The highest BCUT2D eigenvalue weighted by molar-refractivity contribution is 6.74. The van der Waals surface area contributed by atoms with Crippen LogP contribution in [0, 0.1) is 0 Å². The number of carbonyl (C=O) groups excluding carboxylic acids is 1. The molecule has 0 radical (unpaired) electrons. The van der Waals surface area contributed by atoms with Crippen LogP contribution in [0.25, 0.3) is 0 Å². The van der Waals surface area contributed by atoms with Crippen molar-refractivity contribution in [2.45, 2.75) is 108 Å². The first-order chi connectivity index (χ1) is 12.3. The first kappa shape index (κ1) is 25.6. The molecule has 1 fully saturated rings. The summed E-state index contributed by atoms with van der Waals surface area (Å²) in [6.45, 7) is 25.9. The van der Waals surface area contributed by atoms with Crippen molar-refractivity contribution in [3.05, 3.63) is 12.2 Å². The summed E-state index contributed by atoms with van der Waals surface area (Å²) in [5.74, 6) is -0.632. The fourth-order valence-corrected chi connectivity index (χ4v) is 5.42. The highest BCUT2D eigenvalue weighted by atomic mass is 28.4. The Morgan fingerprint density at radius 2 is 1.29 bits per heavy atom. The molecule has 2 atom stereocenters. The van der Waals surface area contributed by atoms with E-state index in [1.165, 1.54) is 7.11 Å². The molecule has 164 valence electrons. The zero-order chi connectivity index (χ0) is 22.3. The van der Waals surface area contributed by atoms with Gasteiger partial charge in [0.15, 0.2) is 22.2 Å². The Morgan fingerprint density at radius 3 is 1.54 bits per heavy atom. The second-order valence-corrected chi connectivity index (χ2v) is 20.8. The third-order valence-corrected chi connectivity index (χ3v) is 15.9. The molecule has 1 aliphatic rings. The number of esters is 1. The van der Waals surface area contributed by atoms with E-state index in [1.807, 2.05) is 0 Å². The van der Waals surface area contributed by atoms with Gasteiger partial charge in [0.1, 0.15) is 0 Å². The lowest BCUT2D eigenvalue weighted by Crippen LogP contribution is -2.57. The van der Waals surface area contributed by atoms with Gasteiger partial charge in [0.2, 0.25) is 0 Å². The van der Waals surface area contributed by atoms with Crippen molar-refractivity contribution in [1.29, 1.82) is 0 Å². The van der Waals surface area contributed by atoms with Crippen LogP contribution in [0.2, 0.25) is 36.3 Å². The number of rotatable bonds is 5. The van der Waals surface area contributed by atoms with E-state index in [9.17, 15) is 9.90 Å².